The topological polar surface area (TPSA) is 233 Å². The largest absolute Gasteiger partial charge is 0.481 e. The van der Waals surface area contributed by atoms with E-state index in [1.54, 1.807) is 0 Å². The minimum Gasteiger partial charge on any atom is -0.481 e. The summed E-state index contributed by atoms with van der Waals surface area (Å²) in [5.74, 6) is -5.23. The molecular weight excluding hydrogens is 1020 g/mol. The fraction of sp³-hybridized carbons (Fsp3) is 0.897. The fourth-order valence-corrected chi connectivity index (χ4v) is 17.7. The van der Waals surface area contributed by atoms with Gasteiger partial charge in [0.2, 0.25) is 17.2 Å². The lowest BCUT2D eigenvalue weighted by Crippen LogP contribution is -2.68. The highest BCUT2D eigenvalue weighted by Gasteiger charge is 3.13. The van der Waals surface area contributed by atoms with E-state index in [4.69, 9.17) is 71.1 Å². The number of carboxylic acid groups (broad SMARTS) is 1. The monoisotopic (exact) mass is 1100 g/mol. The zero-order valence-electron chi connectivity index (χ0n) is 45.2. The molecule has 16 fully saturated rings. The number of fused-ring (bicyclic) bond motifs is 9. The molecule has 0 aromatic heterocycles. The summed E-state index contributed by atoms with van der Waals surface area (Å²) in [6.07, 6.45) is 2.42. The van der Waals surface area contributed by atoms with Crippen LogP contribution in [0.5, 0.6) is 0 Å². The van der Waals surface area contributed by atoms with Crippen molar-refractivity contribution in [1.29, 1.82) is 0 Å². The molecule has 432 valence electrons. The Kier molecular flexibility index (Phi) is 12.7. The predicted molar refractivity (Wildman–Crippen MR) is 265 cm³/mol. The second-order valence-corrected chi connectivity index (χ2v) is 26.3. The van der Waals surface area contributed by atoms with Crippen molar-refractivity contribution in [2.24, 2.45) is 11.8 Å². The first kappa shape index (κ1) is 52.6. The van der Waals surface area contributed by atoms with Crippen LogP contribution in [0.3, 0.4) is 0 Å². The Hall–Kier alpha value is -2.22. The van der Waals surface area contributed by atoms with E-state index in [2.05, 4.69) is 33.9 Å². The Balaban J connectivity index is 0.635. The summed E-state index contributed by atoms with van der Waals surface area (Å²) in [5.41, 5.74) is -1.26. The molecule has 16 aliphatic rings. The van der Waals surface area contributed by atoms with Gasteiger partial charge in [-0.05, 0) is 93.6 Å². The Morgan fingerprint density at radius 2 is 1.40 bits per heavy atom. The summed E-state index contributed by atoms with van der Waals surface area (Å²) < 4.78 is 101. The van der Waals surface area contributed by atoms with Gasteiger partial charge in [-0.15, -0.1) is 0 Å². The number of ether oxygens (including phenoxy) is 15. The second kappa shape index (κ2) is 18.9. The Morgan fingerprint density at radius 3 is 2.22 bits per heavy atom. The van der Waals surface area contributed by atoms with Crippen molar-refractivity contribution >= 4 is 11.9 Å². The number of rotatable bonds is 5. The lowest BCUT2D eigenvalue weighted by atomic mass is 9.81. The molecule has 1 saturated carbocycles. The number of aliphatic carboxylic acids is 1. The Bertz CT molecular complexity index is 2410. The fourth-order valence-electron chi connectivity index (χ4n) is 17.7. The first-order valence-corrected chi connectivity index (χ1v) is 30.0. The summed E-state index contributed by atoms with van der Waals surface area (Å²) >= 11 is 0. The smallest absolute Gasteiger partial charge is 0.308 e. The van der Waals surface area contributed by atoms with E-state index >= 15 is 0 Å². The van der Waals surface area contributed by atoms with Crippen LogP contribution in [-0.4, -0.2) is 190 Å². The average Bonchev–Trinajstić information content (AvgIpc) is 1.49. The van der Waals surface area contributed by atoms with Crippen molar-refractivity contribution in [3.05, 3.63) is 24.3 Å². The number of carbonyl (C=O) groups is 2. The van der Waals surface area contributed by atoms with Crippen LogP contribution in [-0.2, 0) is 80.6 Å². The molecule has 1 aliphatic carbocycles. The van der Waals surface area contributed by atoms with E-state index in [-0.39, 0.29) is 110 Å². The number of hydrogen-bond acceptors (Lipinski definition) is 19. The first-order chi connectivity index (χ1) is 37.5. The van der Waals surface area contributed by atoms with Crippen LogP contribution in [0.1, 0.15) is 149 Å². The normalized spacial score (nSPS) is 57.7. The molecule has 3 N–H and O–H groups in total. The molecule has 78 heavy (non-hydrogen) atoms. The van der Waals surface area contributed by atoms with Crippen molar-refractivity contribution in [2.75, 3.05) is 0 Å². The van der Waals surface area contributed by atoms with E-state index in [1.165, 1.54) is 0 Å². The Morgan fingerprint density at radius 1 is 0.654 bits per heavy atom. The molecule has 0 radical (unpaired) electrons. The van der Waals surface area contributed by atoms with Gasteiger partial charge >= 0.3 is 11.9 Å². The summed E-state index contributed by atoms with van der Waals surface area (Å²) in [6.45, 7) is 15.4. The van der Waals surface area contributed by atoms with Crippen molar-refractivity contribution in [3.63, 3.8) is 0 Å². The van der Waals surface area contributed by atoms with Gasteiger partial charge in [-0.25, -0.2) is 0 Å². The molecule has 20 heteroatoms. The van der Waals surface area contributed by atoms with Gasteiger partial charge in [0.05, 0.1) is 111 Å². The third kappa shape index (κ3) is 7.95. The van der Waals surface area contributed by atoms with Crippen LogP contribution in [0.2, 0.25) is 0 Å². The quantitative estimate of drug-likeness (QED) is 0.246. The molecular formula is C58H80O20. The molecule has 15 aliphatic heterocycles. The molecule has 0 amide bonds. The predicted octanol–water partition coefficient (Wildman–Crippen LogP) is 4.87. The summed E-state index contributed by atoms with van der Waals surface area (Å²) in [4.78, 5) is 25.8. The first-order valence-electron chi connectivity index (χ1n) is 30.0. The van der Waals surface area contributed by atoms with E-state index in [1.807, 2.05) is 0 Å². The minimum absolute atomic E-state index is 0.00163. The highest BCUT2D eigenvalue weighted by molar-refractivity contribution is 5.70. The maximum Gasteiger partial charge on any atom is 0.308 e. The summed E-state index contributed by atoms with van der Waals surface area (Å²) in [6, 6.07) is 0. The van der Waals surface area contributed by atoms with Crippen molar-refractivity contribution in [1.82, 2.24) is 0 Å². The molecule has 0 aromatic carbocycles. The molecule has 15 saturated heterocycles. The van der Waals surface area contributed by atoms with Crippen molar-refractivity contribution < 1.29 is 96.0 Å². The van der Waals surface area contributed by atoms with Crippen LogP contribution in [0.25, 0.3) is 0 Å². The van der Waals surface area contributed by atoms with Crippen LogP contribution < -0.4 is 0 Å². The molecule has 15 heterocycles. The van der Waals surface area contributed by atoms with Crippen molar-refractivity contribution in [2.45, 2.75) is 312 Å². The molecule has 20 nitrogen and oxygen atoms in total. The number of hydrogen-bond donors (Lipinski definition) is 3. The summed E-state index contributed by atoms with van der Waals surface area (Å²) in [5, 5.41) is 33.6. The van der Waals surface area contributed by atoms with Crippen LogP contribution in [0.4, 0.5) is 0 Å². The van der Waals surface area contributed by atoms with Gasteiger partial charge in [0.15, 0.2) is 17.7 Å². The lowest BCUT2D eigenvalue weighted by Gasteiger charge is -2.54. The van der Waals surface area contributed by atoms with E-state index in [0.717, 1.165) is 49.7 Å². The standard InChI is InChI=1S/C58H80O20/c1-6-34-36(14-15-54(74-34)25-28(4)49-38(75-54)12-9-31(66-49)19-46(59)60)71-48-24-45-44(72-48)23-42-41(69-45)22-43-40(68-42)21-39-29(5)26(2)17-30(65-39)7-10-35-27(3)18-33(64-35)13-16-55-57(62)56(78-55)53-52(77-58(56,57)63)51(76-55)50-37(73-53)11-8-32(67-50)20-47(61)70-43/h26,28,30-45,48-53,62-63H,3,5-25H2,1-2,4H3,(H,59,60)/t26-,28+,30+,31+,32-,33+,34+,35+,36+,37+,38+,39-,40+,41?,42+,43-,44-,45?,48-,49+,50+,51+,52+,53-,54-,55-,56?,57?,58?/m1/s1. The lowest BCUT2D eigenvalue weighted by molar-refractivity contribution is -0.406. The van der Waals surface area contributed by atoms with E-state index < -0.39 is 95.6 Å². The molecule has 5 unspecified atom stereocenters. The van der Waals surface area contributed by atoms with Gasteiger partial charge in [-0.3, -0.25) is 9.59 Å². The highest BCUT2D eigenvalue weighted by atomic mass is 16.9. The van der Waals surface area contributed by atoms with Crippen LogP contribution in [0, 0.1) is 11.8 Å². The van der Waals surface area contributed by atoms with Gasteiger partial charge < -0.3 is 86.4 Å². The number of carboxylic acids is 1. The minimum atomic E-state index is -1.98. The average molecular weight is 1100 g/mol. The highest BCUT2D eigenvalue weighted by Crippen LogP contribution is 2.85. The molecule has 16 rings (SSSR count). The van der Waals surface area contributed by atoms with Crippen LogP contribution in [0.15, 0.2) is 24.3 Å². The van der Waals surface area contributed by atoms with E-state index in [0.29, 0.717) is 70.6 Å². The van der Waals surface area contributed by atoms with Crippen molar-refractivity contribution in [3.8, 4) is 0 Å². The number of carbonyl (C=O) groups excluding carboxylic acids is 1. The number of aliphatic hydroxyl groups is 2. The third-order valence-electron chi connectivity index (χ3n) is 21.5. The molecule has 3 spiro atoms. The van der Waals surface area contributed by atoms with E-state index in [9.17, 15) is 24.9 Å². The maximum atomic E-state index is 14.4. The SMILES string of the molecule is C=C1C[C@@H]2CC[C@@]34O[C@H]5[C@H]6O[C@H](CC[C@@H]6O[C@@H]6[C@H]5OC5(O)C6(O3)C54O)CC(=O)O[C@@H]3CC4OC5C[C@H](O[C@H]6CC[C@@]7(C[C@H](C)[C@@H]8O[C@H](CC(=O)O)CC[C@@H]8O7)O[C@H]6CC)O[C@@H]5C[C@@H]4O[C@H]3C[C@H]3O[C@@H](CC[C@@H]1O2)C[C@@H](C)C3=C. The van der Waals surface area contributed by atoms with Gasteiger partial charge in [-0.2, -0.15) is 0 Å². The van der Waals surface area contributed by atoms with Gasteiger partial charge in [0.1, 0.15) is 30.5 Å². The molecule has 29 atom stereocenters. The zero-order valence-corrected chi connectivity index (χ0v) is 45.2. The zero-order chi connectivity index (χ0) is 53.4. The van der Waals surface area contributed by atoms with Gasteiger partial charge in [0.25, 0.3) is 0 Å². The number of esters is 1. The summed E-state index contributed by atoms with van der Waals surface area (Å²) in [7, 11) is 0. The van der Waals surface area contributed by atoms with Gasteiger partial charge in [-0.1, -0.05) is 33.9 Å². The third-order valence-corrected chi connectivity index (χ3v) is 21.5. The maximum absolute atomic E-state index is 14.4. The van der Waals surface area contributed by atoms with Crippen LogP contribution >= 0.6 is 0 Å². The molecule has 12 bridgehead atoms. The Labute approximate surface area is 454 Å². The molecule has 0 aromatic rings. The van der Waals surface area contributed by atoms with Gasteiger partial charge in [0, 0.05) is 44.9 Å². The second-order valence-electron chi connectivity index (χ2n) is 26.3.